The van der Waals surface area contributed by atoms with Crippen molar-refractivity contribution in [2.45, 2.75) is 174 Å². The minimum Gasteiger partial charge on any atom is -0.462 e. The lowest BCUT2D eigenvalue weighted by Gasteiger charge is -2.18. The van der Waals surface area contributed by atoms with Crippen LogP contribution in [0, 0.1) is 0 Å². The third kappa shape index (κ3) is 27.8. The van der Waals surface area contributed by atoms with Gasteiger partial charge in [-0.25, -0.2) is 0 Å². The molecule has 0 N–H and O–H groups in total. The van der Waals surface area contributed by atoms with Gasteiger partial charge in [0.25, 0.3) is 0 Å². The van der Waals surface area contributed by atoms with Crippen molar-refractivity contribution < 1.29 is 9.53 Å². The average molecular weight is 508 g/mol. The minimum atomic E-state index is 0.0116. The van der Waals surface area contributed by atoms with Crippen molar-refractivity contribution >= 4 is 5.97 Å². The molecule has 1 atom stereocenters. The fraction of sp³-hybridized carbons (Fsp3) is 0.909. The Morgan fingerprint density at radius 3 is 1.47 bits per heavy atom. The smallest absolute Gasteiger partial charge is 0.306 e. The SMILES string of the molecule is CCCCCCCCC=CCCCCCCCC(CCCCCCCCC)OC(=O)CCCN(C)C. The second-order valence-corrected chi connectivity index (χ2v) is 11.3. The van der Waals surface area contributed by atoms with E-state index >= 15 is 0 Å². The molecular formula is C33H65NO2. The van der Waals surface area contributed by atoms with Crippen LogP contribution in [-0.4, -0.2) is 37.6 Å². The minimum absolute atomic E-state index is 0.0116. The van der Waals surface area contributed by atoms with Crippen LogP contribution in [0.2, 0.25) is 0 Å². The molecule has 0 aromatic rings. The van der Waals surface area contributed by atoms with E-state index in [9.17, 15) is 4.79 Å². The van der Waals surface area contributed by atoms with Crippen molar-refractivity contribution in [3.63, 3.8) is 0 Å². The van der Waals surface area contributed by atoms with E-state index in [1.165, 1.54) is 128 Å². The van der Waals surface area contributed by atoms with E-state index in [-0.39, 0.29) is 12.1 Å². The molecule has 0 amide bonds. The highest BCUT2D eigenvalue weighted by molar-refractivity contribution is 5.69. The van der Waals surface area contributed by atoms with Gasteiger partial charge in [0, 0.05) is 6.42 Å². The zero-order valence-electron chi connectivity index (χ0n) is 25.2. The largest absolute Gasteiger partial charge is 0.462 e. The average Bonchev–Trinajstić information content (AvgIpc) is 2.85. The summed E-state index contributed by atoms with van der Waals surface area (Å²) in [4.78, 5) is 14.5. The first kappa shape index (κ1) is 35.2. The van der Waals surface area contributed by atoms with Crippen LogP contribution < -0.4 is 0 Å². The molecular weight excluding hydrogens is 442 g/mol. The van der Waals surface area contributed by atoms with Gasteiger partial charge in [-0.05, 0) is 78.4 Å². The van der Waals surface area contributed by atoms with Gasteiger partial charge in [0.05, 0.1) is 0 Å². The highest BCUT2D eigenvalue weighted by Crippen LogP contribution is 2.18. The number of allylic oxidation sites excluding steroid dienone is 2. The Balaban J connectivity index is 3.92. The predicted octanol–water partition coefficient (Wildman–Crippen LogP) is 10.4. The van der Waals surface area contributed by atoms with E-state index in [0.717, 1.165) is 25.8 Å². The number of esters is 1. The summed E-state index contributed by atoms with van der Waals surface area (Å²) in [5.41, 5.74) is 0. The Labute approximate surface area is 227 Å². The molecule has 0 aromatic carbocycles. The van der Waals surface area contributed by atoms with Gasteiger partial charge >= 0.3 is 5.97 Å². The Kier molecular flexibility index (Phi) is 28.1. The van der Waals surface area contributed by atoms with Crippen LogP contribution in [0.25, 0.3) is 0 Å². The number of carbonyl (C=O) groups is 1. The van der Waals surface area contributed by atoms with E-state index in [1.807, 2.05) is 0 Å². The molecule has 0 spiro atoms. The van der Waals surface area contributed by atoms with Crippen molar-refractivity contribution in [2.75, 3.05) is 20.6 Å². The number of unbranched alkanes of at least 4 members (excludes halogenated alkanes) is 17. The molecule has 0 aliphatic rings. The number of hydrogen-bond acceptors (Lipinski definition) is 3. The van der Waals surface area contributed by atoms with Gasteiger partial charge < -0.3 is 9.64 Å². The van der Waals surface area contributed by atoms with Gasteiger partial charge in [0.2, 0.25) is 0 Å². The van der Waals surface area contributed by atoms with Crippen molar-refractivity contribution in [2.24, 2.45) is 0 Å². The highest BCUT2D eigenvalue weighted by Gasteiger charge is 2.14. The molecule has 3 nitrogen and oxygen atoms in total. The molecule has 0 radical (unpaired) electrons. The zero-order chi connectivity index (χ0) is 26.5. The molecule has 3 heteroatoms. The molecule has 0 bridgehead atoms. The fourth-order valence-corrected chi connectivity index (χ4v) is 4.82. The van der Waals surface area contributed by atoms with E-state index in [4.69, 9.17) is 4.74 Å². The summed E-state index contributed by atoms with van der Waals surface area (Å²) >= 11 is 0. The summed E-state index contributed by atoms with van der Waals surface area (Å²) in [6, 6.07) is 0. The van der Waals surface area contributed by atoms with Crippen LogP contribution in [0.5, 0.6) is 0 Å². The summed E-state index contributed by atoms with van der Waals surface area (Å²) in [6.07, 6.45) is 35.0. The van der Waals surface area contributed by atoms with E-state index in [0.29, 0.717) is 6.42 Å². The summed E-state index contributed by atoms with van der Waals surface area (Å²) in [5.74, 6) is 0.0116. The van der Waals surface area contributed by atoms with Crippen molar-refractivity contribution in [1.29, 1.82) is 0 Å². The zero-order valence-corrected chi connectivity index (χ0v) is 25.2. The van der Waals surface area contributed by atoms with Crippen LogP contribution in [0.3, 0.4) is 0 Å². The molecule has 0 heterocycles. The normalized spacial score (nSPS) is 12.6. The summed E-state index contributed by atoms with van der Waals surface area (Å²) < 4.78 is 5.93. The molecule has 0 aliphatic heterocycles. The third-order valence-electron chi connectivity index (χ3n) is 7.20. The summed E-state index contributed by atoms with van der Waals surface area (Å²) in [6.45, 7) is 5.50. The van der Waals surface area contributed by atoms with Gasteiger partial charge in [-0.1, -0.05) is 116 Å². The Morgan fingerprint density at radius 2 is 1.03 bits per heavy atom. The van der Waals surface area contributed by atoms with E-state index in [2.05, 4.69) is 45.0 Å². The summed E-state index contributed by atoms with van der Waals surface area (Å²) in [7, 11) is 4.11. The van der Waals surface area contributed by atoms with Gasteiger partial charge in [0.15, 0.2) is 0 Å². The van der Waals surface area contributed by atoms with Crippen molar-refractivity contribution in [3.05, 3.63) is 12.2 Å². The van der Waals surface area contributed by atoms with Gasteiger partial charge in [0.1, 0.15) is 6.10 Å². The van der Waals surface area contributed by atoms with E-state index in [1.54, 1.807) is 0 Å². The van der Waals surface area contributed by atoms with Crippen molar-refractivity contribution in [3.8, 4) is 0 Å². The topological polar surface area (TPSA) is 29.5 Å². The first-order valence-corrected chi connectivity index (χ1v) is 16.1. The fourth-order valence-electron chi connectivity index (χ4n) is 4.82. The second-order valence-electron chi connectivity index (χ2n) is 11.3. The maximum Gasteiger partial charge on any atom is 0.306 e. The Hall–Kier alpha value is -0.830. The van der Waals surface area contributed by atoms with E-state index < -0.39 is 0 Å². The lowest BCUT2D eigenvalue weighted by Crippen LogP contribution is -2.20. The molecule has 1 unspecified atom stereocenters. The molecule has 0 fully saturated rings. The predicted molar refractivity (Wildman–Crippen MR) is 160 cm³/mol. The first-order valence-electron chi connectivity index (χ1n) is 16.1. The molecule has 0 saturated carbocycles. The number of hydrogen-bond donors (Lipinski definition) is 0. The number of nitrogens with zero attached hydrogens (tertiary/aromatic N) is 1. The number of carbonyl (C=O) groups excluding carboxylic acids is 1. The number of ether oxygens (including phenoxy) is 1. The molecule has 214 valence electrons. The van der Waals surface area contributed by atoms with Crippen LogP contribution in [-0.2, 0) is 9.53 Å². The van der Waals surface area contributed by atoms with Gasteiger partial charge in [-0.15, -0.1) is 0 Å². The maximum atomic E-state index is 12.4. The van der Waals surface area contributed by atoms with Crippen molar-refractivity contribution in [1.82, 2.24) is 4.90 Å². The maximum absolute atomic E-state index is 12.4. The molecule has 36 heavy (non-hydrogen) atoms. The third-order valence-corrected chi connectivity index (χ3v) is 7.20. The Morgan fingerprint density at radius 1 is 0.611 bits per heavy atom. The molecule has 0 aromatic heterocycles. The molecule has 0 rings (SSSR count). The molecule has 0 aliphatic carbocycles. The van der Waals surface area contributed by atoms with Crippen LogP contribution in [0.15, 0.2) is 12.2 Å². The van der Waals surface area contributed by atoms with Crippen LogP contribution in [0.4, 0.5) is 0 Å². The van der Waals surface area contributed by atoms with Crippen LogP contribution >= 0.6 is 0 Å². The van der Waals surface area contributed by atoms with Gasteiger partial charge in [-0.3, -0.25) is 4.79 Å². The quantitative estimate of drug-likeness (QED) is 0.0599. The molecule has 0 saturated heterocycles. The standard InChI is InChI=1S/C33H65NO2/c1-5-7-9-11-13-14-15-16-17-18-19-20-22-24-26-29-32(28-25-23-21-12-10-8-6-2)36-33(35)30-27-31-34(3)4/h16-17,32H,5-15,18-31H2,1-4H3. The lowest BCUT2D eigenvalue weighted by atomic mass is 10.0. The summed E-state index contributed by atoms with van der Waals surface area (Å²) in [5, 5.41) is 0. The monoisotopic (exact) mass is 508 g/mol. The second kappa shape index (κ2) is 28.7. The number of rotatable bonds is 28. The van der Waals surface area contributed by atoms with Crippen LogP contribution in [0.1, 0.15) is 168 Å². The first-order chi connectivity index (χ1) is 17.6. The Bertz CT molecular complexity index is 474. The lowest BCUT2D eigenvalue weighted by molar-refractivity contribution is -0.150. The van der Waals surface area contributed by atoms with Gasteiger partial charge in [-0.2, -0.15) is 0 Å². The highest BCUT2D eigenvalue weighted by atomic mass is 16.5.